The molecule has 1 aromatic carbocycles. The van der Waals surface area contributed by atoms with Gasteiger partial charge in [-0.1, -0.05) is 11.6 Å². The maximum Gasteiger partial charge on any atom is 0.159 e. The van der Waals surface area contributed by atoms with Gasteiger partial charge in [0.05, 0.1) is 36.7 Å². The third-order valence-electron chi connectivity index (χ3n) is 4.56. The maximum atomic E-state index is 11.7. The minimum atomic E-state index is -0.00816. The van der Waals surface area contributed by atoms with Crippen LogP contribution < -0.4 is 4.90 Å². The van der Waals surface area contributed by atoms with Gasteiger partial charge in [-0.25, -0.2) is 4.68 Å². The SMILES string of the molecule is CC(=O)CC1COCCN1c1nn(-c2ccc(Cl)cc2)c2cnccc12. The van der Waals surface area contributed by atoms with E-state index in [1.807, 2.05) is 35.0 Å². The zero-order chi connectivity index (χ0) is 18.1. The summed E-state index contributed by atoms with van der Waals surface area (Å²) in [6.45, 7) is 3.46. The van der Waals surface area contributed by atoms with Gasteiger partial charge in [0.15, 0.2) is 5.82 Å². The summed E-state index contributed by atoms with van der Waals surface area (Å²) < 4.78 is 7.47. The molecular weight excluding hydrogens is 352 g/mol. The molecule has 1 fully saturated rings. The zero-order valence-corrected chi connectivity index (χ0v) is 15.2. The van der Waals surface area contributed by atoms with Crippen LogP contribution in [0.15, 0.2) is 42.7 Å². The first-order valence-electron chi connectivity index (χ1n) is 8.56. The van der Waals surface area contributed by atoms with Crippen molar-refractivity contribution in [1.82, 2.24) is 14.8 Å². The smallest absolute Gasteiger partial charge is 0.159 e. The zero-order valence-electron chi connectivity index (χ0n) is 14.4. The fourth-order valence-corrected chi connectivity index (χ4v) is 3.50. The molecule has 0 spiro atoms. The first kappa shape index (κ1) is 17.0. The first-order chi connectivity index (χ1) is 12.6. The molecule has 0 bridgehead atoms. The van der Waals surface area contributed by atoms with Gasteiger partial charge >= 0.3 is 0 Å². The van der Waals surface area contributed by atoms with E-state index in [9.17, 15) is 4.79 Å². The van der Waals surface area contributed by atoms with Crippen LogP contribution in [0.2, 0.25) is 5.02 Å². The van der Waals surface area contributed by atoms with Crippen molar-refractivity contribution >= 4 is 34.1 Å². The summed E-state index contributed by atoms with van der Waals surface area (Å²) in [5, 5.41) is 6.55. The third kappa shape index (κ3) is 3.18. The Kier molecular flexibility index (Phi) is 4.61. The Bertz CT molecular complexity index is 938. The molecule has 1 saturated heterocycles. The second-order valence-electron chi connectivity index (χ2n) is 6.43. The van der Waals surface area contributed by atoms with E-state index >= 15 is 0 Å². The monoisotopic (exact) mass is 370 g/mol. The number of morpholine rings is 1. The number of carbonyl (C=O) groups is 1. The van der Waals surface area contributed by atoms with Gasteiger partial charge < -0.3 is 9.64 Å². The lowest BCUT2D eigenvalue weighted by atomic mass is 10.1. The van der Waals surface area contributed by atoms with Crippen molar-refractivity contribution in [2.75, 3.05) is 24.7 Å². The third-order valence-corrected chi connectivity index (χ3v) is 4.81. The van der Waals surface area contributed by atoms with Gasteiger partial charge in [-0.3, -0.25) is 9.78 Å². The summed E-state index contributed by atoms with van der Waals surface area (Å²) in [5.41, 5.74) is 1.83. The van der Waals surface area contributed by atoms with Crippen LogP contribution in [0.4, 0.5) is 5.82 Å². The number of ketones is 1. The number of fused-ring (bicyclic) bond motifs is 1. The number of aromatic nitrogens is 3. The van der Waals surface area contributed by atoms with Crippen molar-refractivity contribution in [1.29, 1.82) is 0 Å². The molecular formula is C19H19ClN4O2. The molecule has 7 heteroatoms. The Hall–Kier alpha value is -2.44. The summed E-state index contributed by atoms with van der Waals surface area (Å²) in [4.78, 5) is 18.1. The number of ether oxygens (including phenoxy) is 1. The highest BCUT2D eigenvalue weighted by atomic mass is 35.5. The molecule has 0 amide bonds. The van der Waals surface area contributed by atoms with E-state index in [1.54, 1.807) is 19.3 Å². The quantitative estimate of drug-likeness (QED) is 0.705. The van der Waals surface area contributed by atoms with E-state index in [-0.39, 0.29) is 11.8 Å². The number of halogens is 1. The molecule has 2 aromatic heterocycles. The van der Waals surface area contributed by atoms with E-state index in [0.717, 1.165) is 22.4 Å². The van der Waals surface area contributed by atoms with Gasteiger partial charge in [0.2, 0.25) is 0 Å². The van der Waals surface area contributed by atoms with E-state index in [2.05, 4.69) is 9.88 Å². The number of hydrogen-bond acceptors (Lipinski definition) is 5. The lowest BCUT2D eigenvalue weighted by molar-refractivity contribution is -0.117. The average molecular weight is 371 g/mol. The molecule has 0 N–H and O–H groups in total. The van der Waals surface area contributed by atoms with Gasteiger partial charge in [-0.15, -0.1) is 5.10 Å². The number of carbonyl (C=O) groups excluding carboxylic acids is 1. The number of pyridine rings is 1. The van der Waals surface area contributed by atoms with Crippen LogP contribution in [0.25, 0.3) is 16.6 Å². The number of rotatable bonds is 4. The van der Waals surface area contributed by atoms with E-state index in [1.165, 1.54) is 0 Å². The number of hydrogen-bond donors (Lipinski definition) is 0. The van der Waals surface area contributed by atoms with Crippen LogP contribution in [0.5, 0.6) is 0 Å². The number of nitrogens with zero attached hydrogens (tertiary/aromatic N) is 4. The highest BCUT2D eigenvalue weighted by Gasteiger charge is 2.28. The van der Waals surface area contributed by atoms with Crippen molar-refractivity contribution in [2.45, 2.75) is 19.4 Å². The molecule has 3 heterocycles. The Labute approximate surface area is 156 Å². The lowest BCUT2D eigenvalue weighted by Crippen LogP contribution is -2.46. The summed E-state index contributed by atoms with van der Waals surface area (Å²) in [5.74, 6) is 1.00. The first-order valence-corrected chi connectivity index (χ1v) is 8.94. The number of Topliss-reactive ketones (excluding diaryl/α,β-unsaturated/α-hetero) is 1. The summed E-state index contributed by atoms with van der Waals surface area (Å²) in [7, 11) is 0. The van der Waals surface area contributed by atoms with Crippen LogP contribution in [0, 0.1) is 0 Å². The van der Waals surface area contributed by atoms with Crippen molar-refractivity contribution in [3.63, 3.8) is 0 Å². The van der Waals surface area contributed by atoms with Crippen LogP contribution in [0.3, 0.4) is 0 Å². The molecule has 1 aliphatic rings. The van der Waals surface area contributed by atoms with E-state index in [0.29, 0.717) is 31.2 Å². The fourth-order valence-electron chi connectivity index (χ4n) is 3.37. The maximum absolute atomic E-state index is 11.7. The standard InChI is InChI=1S/C19H19ClN4O2/c1-13(25)10-16-12-26-9-8-23(16)19-17-6-7-21-11-18(17)24(22-19)15-4-2-14(20)3-5-15/h2-7,11,16H,8-10,12H2,1H3. The normalized spacial score (nSPS) is 17.6. The summed E-state index contributed by atoms with van der Waals surface area (Å²) >= 11 is 6.02. The molecule has 1 aliphatic heterocycles. The minimum absolute atomic E-state index is 0.00816. The fraction of sp³-hybridized carbons (Fsp3) is 0.316. The van der Waals surface area contributed by atoms with Crippen molar-refractivity contribution in [3.05, 3.63) is 47.7 Å². The van der Waals surface area contributed by atoms with Gasteiger partial charge in [-0.05, 0) is 37.3 Å². The number of anilines is 1. The Morgan fingerprint density at radius 1 is 1.31 bits per heavy atom. The Balaban J connectivity index is 1.82. The predicted octanol–water partition coefficient (Wildman–Crippen LogP) is 3.26. The van der Waals surface area contributed by atoms with E-state index in [4.69, 9.17) is 21.4 Å². The number of benzene rings is 1. The minimum Gasteiger partial charge on any atom is -0.377 e. The Morgan fingerprint density at radius 3 is 2.88 bits per heavy atom. The highest BCUT2D eigenvalue weighted by Crippen LogP contribution is 2.31. The van der Waals surface area contributed by atoms with Crippen molar-refractivity contribution < 1.29 is 9.53 Å². The largest absolute Gasteiger partial charge is 0.377 e. The van der Waals surface area contributed by atoms with Gasteiger partial charge in [-0.2, -0.15) is 0 Å². The molecule has 0 saturated carbocycles. The molecule has 4 rings (SSSR count). The molecule has 3 aromatic rings. The van der Waals surface area contributed by atoms with Crippen LogP contribution >= 0.6 is 11.6 Å². The Morgan fingerprint density at radius 2 is 2.12 bits per heavy atom. The highest BCUT2D eigenvalue weighted by molar-refractivity contribution is 6.30. The molecule has 26 heavy (non-hydrogen) atoms. The van der Waals surface area contributed by atoms with Crippen molar-refractivity contribution in [2.24, 2.45) is 0 Å². The summed E-state index contributed by atoms with van der Waals surface area (Å²) in [6, 6.07) is 9.49. The van der Waals surface area contributed by atoms with Gasteiger partial charge in [0, 0.05) is 29.6 Å². The average Bonchev–Trinajstić information content (AvgIpc) is 3.02. The molecule has 1 atom stereocenters. The van der Waals surface area contributed by atoms with Crippen LogP contribution in [-0.4, -0.2) is 46.3 Å². The molecule has 0 aliphatic carbocycles. The van der Waals surface area contributed by atoms with Gasteiger partial charge in [0.1, 0.15) is 5.78 Å². The molecule has 1 unspecified atom stereocenters. The predicted molar refractivity (Wildman–Crippen MR) is 101 cm³/mol. The second-order valence-corrected chi connectivity index (χ2v) is 6.87. The topological polar surface area (TPSA) is 60.2 Å². The molecule has 6 nitrogen and oxygen atoms in total. The summed E-state index contributed by atoms with van der Waals surface area (Å²) in [6.07, 6.45) is 4.02. The van der Waals surface area contributed by atoms with E-state index < -0.39 is 0 Å². The van der Waals surface area contributed by atoms with Crippen LogP contribution in [-0.2, 0) is 9.53 Å². The molecule has 0 radical (unpaired) electrons. The lowest BCUT2D eigenvalue weighted by Gasteiger charge is -2.35. The van der Waals surface area contributed by atoms with Crippen LogP contribution in [0.1, 0.15) is 13.3 Å². The molecule has 134 valence electrons. The van der Waals surface area contributed by atoms with Crippen molar-refractivity contribution in [3.8, 4) is 5.69 Å². The second kappa shape index (κ2) is 7.05. The van der Waals surface area contributed by atoms with Gasteiger partial charge in [0.25, 0.3) is 0 Å².